The molecule has 1 heterocycles. The van der Waals surface area contributed by atoms with Gasteiger partial charge in [-0.3, -0.25) is 0 Å². The Balaban J connectivity index is 2.32. The van der Waals surface area contributed by atoms with Crippen LogP contribution in [0.5, 0.6) is 0 Å². The van der Waals surface area contributed by atoms with Crippen molar-refractivity contribution < 1.29 is 27.5 Å². The Morgan fingerprint density at radius 1 is 1.00 bits per heavy atom. The van der Waals surface area contributed by atoms with Gasteiger partial charge >= 0.3 is 22.4 Å². The van der Waals surface area contributed by atoms with E-state index in [0.29, 0.717) is 25.4 Å². The van der Waals surface area contributed by atoms with Crippen LogP contribution in [0.2, 0.25) is 0 Å². The molecule has 0 spiro atoms. The topological polar surface area (TPSA) is 114 Å². The summed E-state index contributed by atoms with van der Waals surface area (Å²) in [6, 6.07) is 0. The molecule has 0 atom stereocenters. The van der Waals surface area contributed by atoms with Crippen molar-refractivity contribution >= 4 is 22.4 Å². The molecule has 0 radical (unpaired) electrons. The lowest BCUT2D eigenvalue weighted by Gasteiger charge is -2.33. The number of likely N-dealkylation sites (tertiary alicyclic amines) is 1. The maximum absolute atomic E-state index is 12.0. The standard InChI is InChI=1S/C17H33N3O6S/c1-16(2,3)25-14(21)19-27(23,24)18-10-7-13-8-11-20(12-9-13)15(22)26-17(4,5)6/h13,18H,7-12H2,1-6H3,(H,19,21). The lowest BCUT2D eigenvalue weighted by molar-refractivity contribution is 0.0181. The van der Waals surface area contributed by atoms with Crippen molar-refractivity contribution in [3.8, 4) is 0 Å². The van der Waals surface area contributed by atoms with Gasteiger partial charge in [-0.25, -0.2) is 14.3 Å². The summed E-state index contributed by atoms with van der Waals surface area (Å²) >= 11 is 0. The van der Waals surface area contributed by atoms with Crippen molar-refractivity contribution in [1.29, 1.82) is 0 Å². The van der Waals surface area contributed by atoms with E-state index in [2.05, 4.69) is 4.72 Å². The van der Waals surface area contributed by atoms with E-state index < -0.39 is 27.5 Å². The van der Waals surface area contributed by atoms with Crippen LogP contribution in [0.3, 0.4) is 0 Å². The Morgan fingerprint density at radius 2 is 1.52 bits per heavy atom. The quantitative estimate of drug-likeness (QED) is 0.723. The van der Waals surface area contributed by atoms with Gasteiger partial charge in [0.15, 0.2) is 0 Å². The number of nitrogens with zero attached hydrogens (tertiary/aromatic N) is 1. The SMILES string of the molecule is CC(C)(C)OC(=O)NS(=O)(=O)NCCC1CCN(C(=O)OC(C)(C)C)CC1. The fourth-order valence-corrected chi connectivity index (χ4v) is 3.29. The number of hydrogen-bond donors (Lipinski definition) is 2. The molecule has 0 aromatic carbocycles. The monoisotopic (exact) mass is 407 g/mol. The first kappa shape index (κ1) is 23.5. The molecule has 158 valence electrons. The molecule has 0 unspecified atom stereocenters. The van der Waals surface area contributed by atoms with E-state index in [1.807, 2.05) is 25.5 Å². The summed E-state index contributed by atoms with van der Waals surface area (Å²) in [5, 5.41) is 0. The van der Waals surface area contributed by atoms with Gasteiger partial charge in [0.25, 0.3) is 0 Å². The van der Waals surface area contributed by atoms with Crippen molar-refractivity contribution in [2.24, 2.45) is 5.92 Å². The molecule has 0 aromatic heterocycles. The Labute approximate surface area is 162 Å². The van der Waals surface area contributed by atoms with Gasteiger partial charge in [-0.15, -0.1) is 0 Å². The molecule has 1 fully saturated rings. The van der Waals surface area contributed by atoms with Crippen molar-refractivity contribution in [1.82, 2.24) is 14.3 Å². The number of carbonyl (C=O) groups is 2. The molecule has 1 aliphatic heterocycles. The lowest BCUT2D eigenvalue weighted by Crippen LogP contribution is -2.44. The zero-order valence-corrected chi connectivity index (χ0v) is 17.9. The normalized spacial score (nSPS) is 16.7. The van der Waals surface area contributed by atoms with Crippen molar-refractivity contribution in [3.63, 3.8) is 0 Å². The fourth-order valence-electron chi connectivity index (χ4n) is 2.57. The van der Waals surface area contributed by atoms with Gasteiger partial charge in [0, 0.05) is 19.6 Å². The van der Waals surface area contributed by atoms with E-state index in [0.717, 1.165) is 12.8 Å². The van der Waals surface area contributed by atoms with E-state index >= 15 is 0 Å². The Morgan fingerprint density at radius 3 is 2.00 bits per heavy atom. The molecule has 1 rings (SSSR count). The smallest absolute Gasteiger partial charge is 0.422 e. The summed E-state index contributed by atoms with van der Waals surface area (Å²) in [4.78, 5) is 25.2. The van der Waals surface area contributed by atoms with Crippen LogP contribution in [0.1, 0.15) is 60.8 Å². The first-order chi connectivity index (χ1) is 12.2. The molecule has 2 N–H and O–H groups in total. The highest BCUT2D eigenvalue weighted by molar-refractivity contribution is 7.88. The van der Waals surface area contributed by atoms with E-state index in [4.69, 9.17) is 9.47 Å². The molecule has 0 saturated carbocycles. The number of carbonyl (C=O) groups excluding carboxylic acids is 2. The minimum absolute atomic E-state index is 0.204. The first-order valence-corrected chi connectivity index (χ1v) is 10.6. The second-order valence-corrected chi connectivity index (χ2v) is 10.2. The van der Waals surface area contributed by atoms with Crippen LogP contribution in [0.4, 0.5) is 9.59 Å². The third-order valence-electron chi connectivity index (χ3n) is 3.73. The Hall–Kier alpha value is -1.55. The second-order valence-electron chi connectivity index (χ2n) is 8.70. The highest BCUT2D eigenvalue weighted by Gasteiger charge is 2.27. The van der Waals surface area contributed by atoms with Gasteiger partial charge < -0.3 is 14.4 Å². The number of hydrogen-bond acceptors (Lipinski definition) is 6. The molecule has 2 amide bonds. The van der Waals surface area contributed by atoms with Crippen LogP contribution < -0.4 is 9.44 Å². The molecular weight excluding hydrogens is 374 g/mol. The average Bonchev–Trinajstić information content (AvgIpc) is 2.43. The molecule has 10 heteroatoms. The summed E-state index contributed by atoms with van der Waals surface area (Å²) < 4.78 is 38.1. The highest BCUT2D eigenvalue weighted by atomic mass is 32.2. The van der Waals surface area contributed by atoms with Crippen molar-refractivity contribution in [2.75, 3.05) is 19.6 Å². The van der Waals surface area contributed by atoms with E-state index in [9.17, 15) is 18.0 Å². The zero-order chi connectivity index (χ0) is 20.9. The predicted molar refractivity (Wildman–Crippen MR) is 101 cm³/mol. The molecule has 9 nitrogen and oxygen atoms in total. The maximum atomic E-state index is 12.0. The number of piperidine rings is 1. The number of rotatable bonds is 5. The minimum atomic E-state index is -3.96. The summed E-state index contributed by atoms with van der Waals surface area (Å²) in [5.74, 6) is 0.299. The van der Waals surface area contributed by atoms with Crippen LogP contribution in [0, 0.1) is 5.92 Å². The largest absolute Gasteiger partial charge is 0.444 e. The zero-order valence-electron chi connectivity index (χ0n) is 17.1. The highest BCUT2D eigenvalue weighted by Crippen LogP contribution is 2.21. The number of ether oxygens (including phenoxy) is 2. The average molecular weight is 408 g/mol. The molecule has 0 aliphatic carbocycles. The second kappa shape index (κ2) is 9.09. The Bertz CT molecular complexity index is 614. The molecule has 1 aliphatic rings. The maximum Gasteiger partial charge on any atom is 0.422 e. The third kappa shape index (κ3) is 10.4. The van der Waals surface area contributed by atoms with Gasteiger partial charge in [0.05, 0.1) is 0 Å². The van der Waals surface area contributed by atoms with Crippen LogP contribution in [-0.2, 0) is 19.7 Å². The Kier molecular flexibility index (Phi) is 7.91. The van der Waals surface area contributed by atoms with Gasteiger partial charge in [0.1, 0.15) is 11.2 Å². The van der Waals surface area contributed by atoms with Crippen LogP contribution in [0.25, 0.3) is 0 Å². The predicted octanol–water partition coefficient (Wildman–Crippen LogP) is 2.38. The van der Waals surface area contributed by atoms with E-state index in [1.54, 1.807) is 25.7 Å². The third-order valence-corrected chi connectivity index (χ3v) is 4.75. The molecule has 0 aromatic rings. The molecule has 1 saturated heterocycles. The summed E-state index contributed by atoms with van der Waals surface area (Å²) in [6.45, 7) is 11.8. The lowest BCUT2D eigenvalue weighted by atomic mass is 9.94. The van der Waals surface area contributed by atoms with Crippen molar-refractivity contribution in [2.45, 2.75) is 72.0 Å². The van der Waals surface area contributed by atoms with Gasteiger partial charge in [0.2, 0.25) is 0 Å². The van der Waals surface area contributed by atoms with Crippen LogP contribution in [-0.4, -0.2) is 56.3 Å². The fraction of sp³-hybridized carbons (Fsp3) is 0.882. The van der Waals surface area contributed by atoms with E-state index in [-0.39, 0.29) is 12.6 Å². The summed E-state index contributed by atoms with van der Waals surface area (Å²) in [5.41, 5.74) is -1.30. The summed E-state index contributed by atoms with van der Waals surface area (Å²) in [6.07, 6.45) is 0.849. The van der Waals surface area contributed by atoms with E-state index in [1.165, 1.54) is 0 Å². The van der Waals surface area contributed by atoms with Crippen molar-refractivity contribution in [3.05, 3.63) is 0 Å². The molecular formula is C17H33N3O6S. The first-order valence-electron chi connectivity index (χ1n) is 9.15. The molecule has 0 bridgehead atoms. The van der Waals surface area contributed by atoms with Gasteiger partial charge in [-0.1, -0.05) is 0 Å². The van der Waals surface area contributed by atoms with Gasteiger partial charge in [-0.05, 0) is 66.7 Å². The van der Waals surface area contributed by atoms with Crippen LogP contribution >= 0.6 is 0 Å². The number of nitrogens with one attached hydrogen (secondary N) is 2. The summed E-state index contributed by atoms with van der Waals surface area (Å²) in [7, 11) is -3.96. The van der Waals surface area contributed by atoms with Crippen LogP contribution in [0.15, 0.2) is 0 Å². The molecule has 27 heavy (non-hydrogen) atoms. The minimum Gasteiger partial charge on any atom is -0.444 e. The number of amides is 2. The van der Waals surface area contributed by atoms with Gasteiger partial charge in [-0.2, -0.15) is 13.1 Å².